The van der Waals surface area contributed by atoms with Gasteiger partial charge < -0.3 is 54.9 Å². The second kappa shape index (κ2) is 37.8. The highest BCUT2D eigenvalue weighted by Crippen LogP contribution is 2.54. The topological polar surface area (TPSA) is 505 Å². The molecule has 82 heavy (non-hydrogen) atoms. The molecule has 3 aliphatic rings. The lowest BCUT2D eigenvalue weighted by Gasteiger charge is -2.31. The van der Waals surface area contributed by atoms with Gasteiger partial charge in [0.05, 0.1) is 95.0 Å². The van der Waals surface area contributed by atoms with Crippen LogP contribution in [0.4, 0.5) is 0 Å². The molecule has 0 aromatic carbocycles. The Bertz CT molecular complexity index is 2190. The molecule has 0 radical (unpaired) electrons. The van der Waals surface area contributed by atoms with Crippen LogP contribution in [0.2, 0.25) is 0 Å². The highest BCUT2D eigenvalue weighted by Gasteiger charge is 2.40. The minimum atomic E-state index is -4.89. The fourth-order valence-corrected chi connectivity index (χ4v) is 14.4. The number of aliphatic hydroxyl groups excluding tert-OH is 1. The van der Waals surface area contributed by atoms with E-state index in [1.54, 1.807) is 6.92 Å². The average Bonchev–Trinajstić information content (AvgIpc) is 3.40. The lowest BCUT2D eigenvalue weighted by Crippen LogP contribution is -2.35. The first-order valence-electron chi connectivity index (χ1n) is 25.3. The molecule has 486 valence electrons. The summed E-state index contributed by atoms with van der Waals surface area (Å²) < 4.78 is 160. The molecule has 0 spiro atoms. The first-order chi connectivity index (χ1) is 38.4. The Labute approximate surface area is 472 Å². The van der Waals surface area contributed by atoms with Crippen LogP contribution in [0.3, 0.4) is 0 Å². The first-order valence-corrected chi connectivity index (χ1v) is 35.7. The van der Waals surface area contributed by atoms with Crippen molar-refractivity contribution >= 4 is 54.8 Å². The molecule has 3 aliphatic carbocycles. The molecule has 11 unspecified atom stereocenters. The van der Waals surface area contributed by atoms with Crippen LogP contribution < -0.4 is 21.3 Å². The molecule has 0 heterocycles. The largest absolute Gasteiger partial charge is 0.474 e. The van der Waals surface area contributed by atoms with E-state index in [9.17, 15) is 71.3 Å². The average molecular weight is 1340 g/mol. The van der Waals surface area contributed by atoms with Crippen LogP contribution in [-0.4, -0.2) is 182 Å². The van der Waals surface area contributed by atoms with Gasteiger partial charge in [-0.1, -0.05) is 0 Å². The van der Waals surface area contributed by atoms with Crippen molar-refractivity contribution in [2.75, 3.05) is 81.0 Å². The predicted octanol–water partition coefficient (Wildman–Crippen LogP) is 3.39. The number of rotatable bonds is 45. The summed E-state index contributed by atoms with van der Waals surface area (Å²) in [5.74, 6) is 0. The standard InChI is InChI=1S/C37H79N4O34P7/c1-6-19-57-73-75-74-58-20-21-59-76(43,44)60-24-29(39-3)25-62-78(47,48)66-31-11-15-34(16-12-31)69-81(53,54)71-37(41-5)27-64-80(51,52)68-33-13-17-35(18-14-33)70-82(55,56)72-36(40-4)26-63-79(49,50)67-32-9-7-30(8-10-32)65-77(45,46)61-23-28(22-42)38-2/h6,19,28-42H,7-18,20-27H2,1-5H3,(H,43,44)(H,45,46)(H,47,48)(H,49,50)(H,51,52)(H,53,54)(H,55,56)/b19-6+. The van der Waals surface area contributed by atoms with Crippen molar-refractivity contribution in [3.05, 3.63) is 12.3 Å². The Morgan fingerprint density at radius 3 is 1.04 bits per heavy atom. The number of hydrogen-bond acceptors (Lipinski definition) is 31. The molecule has 3 rings (SSSR count). The van der Waals surface area contributed by atoms with Gasteiger partial charge in [-0.3, -0.25) is 74.0 Å². The maximum atomic E-state index is 13.0. The normalized spacial score (nSPS) is 27.8. The van der Waals surface area contributed by atoms with Gasteiger partial charge in [0.15, 0.2) is 0 Å². The maximum absolute atomic E-state index is 13.0. The zero-order chi connectivity index (χ0) is 61.1. The van der Waals surface area contributed by atoms with E-state index in [1.165, 1.54) is 34.3 Å². The fourth-order valence-electron chi connectivity index (χ4n) is 7.39. The van der Waals surface area contributed by atoms with Gasteiger partial charge >= 0.3 is 54.8 Å². The Morgan fingerprint density at radius 2 is 0.720 bits per heavy atom. The van der Waals surface area contributed by atoms with E-state index in [-0.39, 0.29) is 90.3 Å². The summed E-state index contributed by atoms with van der Waals surface area (Å²) >= 11 is 0. The van der Waals surface area contributed by atoms with Gasteiger partial charge in [-0.2, -0.15) is 0 Å². The number of phosphoric ester groups is 7. The lowest BCUT2D eigenvalue weighted by atomic mass is 9.95. The molecule has 11 atom stereocenters. The summed E-state index contributed by atoms with van der Waals surface area (Å²) in [5, 5.41) is 31.7. The van der Waals surface area contributed by atoms with Crippen LogP contribution in [0.25, 0.3) is 0 Å². The van der Waals surface area contributed by atoms with E-state index >= 15 is 0 Å². The van der Waals surface area contributed by atoms with Crippen LogP contribution in [0.15, 0.2) is 12.3 Å². The SMILES string of the molecule is C/C=C/OOOOOCCOP(=O)(O)OCC(COP(=O)(O)OC1CCC(OP(=O)(O)OC(COP(=O)(O)OC2CCC(OP(=O)(O)OC(COP(=O)(O)OC3CCC(OP(=O)(O)OCC(CO)NC)CC3)NC)CC2)NC)CC1)NC. The molecule has 0 amide bonds. The Kier molecular flexibility index (Phi) is 35.2. The minimum absolute atomic E-state index is 0.0329. The Balaban J connectivity index is 1.31. The maximum Gasteiger partial charge on any atom is 0.474 e. The molecular weight excluding hydrogens is 1260 g/mol. The molecule has 12 N–H and O–H groups in total. The van der Waals surface area contributed by atoms with Gasteiger partial charge in [-0.15, -0.1) is 0 Å². The van der Waals surface area contributed by atoms with E-state index in [1.807, 2.05) is 0 Å². The predicted molar refractivity (Wildman–Crippen MR) is 275 cm³/mol. The highest BCUT2D eigenvalue weighted by molar-refractivity contribution is 7.49. The summed E-state index contributed by atoms with van der Waals surface area (Å²) in [6.45, 7) is -2.50. The van der Waals surface area contributed by atoms with Crippen LogP contribution in [0.1, 0.15) is 84.0 Å². The minimum Gasteiger partial charge on any atom is -0.395 e. The molecule has 0 saturated heterocycles. The van der Waals surface area contributed by atoms with Crippen molar-refractivity contribution in [3.63, 3.8) is 0 Å². The lowest BCUT2D eigenvalue weighted by molar-refractivity contribution is -0.700. The third-order valence-corrected chi connectivity index (χ3v) is 18.9. The molecule has 3 saturated carbocycles. The van der Waals surface area contributed by atoms with Crippen molar-refractivity contribution < 1.29 is 160 Å². The summed E-state index contributed by atoms with van der Waals surface area (Å²) in [4.78, 5) is 80.8. The Morgan fingerprint density at radius 1 is 0.402 bits per heavy atom. The Hall–Kier alpha value is -0.0500. The van der Waals surface area contributed by atoms with Crippen LogP contribution in [0, 0.1) is 0 Å². The van der Waals surface area contributed by atoms with Crippen molar-refractivity contribution in [1.82, 2.24) is 21.3 Å². The van der Waals surface area contributed by atoms with Crippen molar-refractivity contribution in [2.45, 2.75) is 145 Å². The van der Waals surface area contributed by atoms with Crippen molar-refractivity contribution in [2.24, 2.45) is 0 Å². The monoisotopic (exact) mass is 1340 g/mol. The zero-order valence-corrected chi connectivity index (χ0v) is 51.7. The summed E-state index contributed by atoms with van der Waals surface area (Å²) in [6, 6.07) is -1.50. The molecule has 0 bridgehead atoms. The number of hydrogen-bond donors (Lipinski definition) is 12. The first kappa shape index (κ1) is 76.2. The molecule has 38 nitrogen and oxygen atoms in total. The van der Waals surface area contributed by atoms with E-state index in [2.05, 4.69) is 46.2 Å². The third-order valence-electron chi connectivity index (χ3n) is 11.6. The number of phosphoric acid groups is 7. The van der Waals surface area contributed by atoms with Crippen molar-refractivity contribution in [3.8, 4) is 0 Å². The quantitative estimate of drug-likeness (QED) is 0.0104. The summed E-state index contributed by atoms with van der Waals surface area (Å²) in [7, 11) is -27.7. The van der Waals surface area contributed by atoms with Gasteiger partial charge in [-0.25, -0.2) is 36.8 Å². The van der Waals surface area contributed by atoms with E-state index in [4.69, 9.17) is 63.3 Å². The molecule has 0 aromatic rings. The summed E-state index contributed by atoms with van der Waals surface area (Å²) in [6.07, 6.45) is -4.48. The van der Waals surface area contributed by atoms with Crippen molar-refractivity contribution in [1.29, 1.82) is 0 Å². The number of nitrogens with one attached hydrogen (secondary N) is 4. The third kappa shape index (κ3) is 33.5. The van der Waals surface area contributed by atoms with Gasteiger partial charge in [0.2, 0.25) is 0 Å². The zero-order valence-electron chi connectivity index (χ0n) is 45.4. The second-order valence-corrected chi connectivity index (χ2v) is 27.7. The molecule has 0 aromatic heterocycles. The van der Waals surface area contributed by atoms with Crippen LogP contribution in [-0.2, 0) is 120 Å². The van der Waals surface area contributed by atoms with Gasteiger partial charge in [-0.05, 0) is 123 Å². The summed E-state index contributed by atoms with van der Waals surface area (Å²) in [5.41, 5.74) is 0. The number of aliphatic hydroxyl groups is 1. The molecule has 0 aliphatic heterocycles. The molecule has 45 heteroatoms. The highest BCUT2D eigenvalue weighted by atomic mass is 31.2. The van der Waals surface area contributed by atoms with E-state index < -0.39 is 156 Å². The van der Waals surface area contributed by atoms with Gasteiger partial charge in [0, 0.05) is 10.1 Å². The van der Waals surface area contributed by atoms with Crippen LogP contribution >= 0.6 is 54.8 Å². The second-order valence-electron chi connectivity index (χ2n) is 17.9. The molecule has 3 fully saturated rings. The van der Waals surface area contributed by atoms with Crippen LogP contribution in [0.5, 0.6) is 0 Å². The fraction of sp³-hybridized carbons (Fsp3) is 0.946. The van der Waals surface area contributed by atoms with E-state index in [0.717, 1.165) is 6.26 Å². The van der Waals surface area contributed by atoms with E-state index in [0.29, 0.717) is 0 Å². The van der Waals surface area contributed by atoms with Gasteiger partial charge in [0.1, 0.15) is 25.3 Å². The number of allylic oxidation sites excluding steroid dienone is 1. The molecular formula is C37H79N4O34P7. The number of likely N-dealkylation sites (N-methyl/N-ethyl adjacent to an activating group) is 4. The van der Waals surface area contributed by atoms with Gasteiger partial charge in [0.25, 0.3) is 0 Å². The smallest absolute Gasteiger partial charge is 0.395 e.